The second-order valence-electron chi connectivity index (χ2n) is 23.6. The van der Waals surface area contributed by atoms with Crippen LogP contribution >= 0.6 is 0 Å². The van der Waals surface area contributed by atoms with Crippen molar-refractivity contribution in [3.8, 4) is 0 Å². The van der Waals surface area contributed by atoms with Crippen molar-refractivity contribution in [3.63, 3.8) is 0 Å². The molecule has 0 bridgehead atoms. The second-order valence-corrected chi connectivity index (χ2v) is 23.6. The van der Waals surface area contributed by atoms with Crippen molar-refractivity contribution in [2.45, 2.75) is 122 Å². The summed E-state index contributed by atoms with van der Waals surface area (Å²) < 4.78 is 5.15. The van der Waals surface area contributed by atoms with E-state index in [4.69, 9.17) is 0 Å². The number of aromatic nitrogens is 2. The first-order chi connectivity index (χ1) is 36.4. The number of nitrogens with zero attached hydrogens (tertiary/aromatic N) is 4. The quantitative estimate of drug-likeness (QED) is 0.143. The molecule has 0 aliphatic carbocycles. The monoisotopic (exact) mass is 991 g/mol. The lowest BCUT2D eigenvalue weighted by atomic mass is 9.91. The highest BCUT2D eigenvalue weighted by atomic mass is 15.2. The minimum absolute atomic E-state index is 0.443. The Kier molecular flexibility index (Phi) is 10.8. The number of hydrogen-bond acceptors (Lipinski definition) is 2. The Morgan fingerprint density at radius 3 is 0.908 bits per heavy atom. The highest BCUT2D eigenvalue weighted by Crippen LogP contribution is 2.51. The van der Waals surface area contributed by atoms with Crippen LogP contribution in [-0.2, 0) is 0 Å². The molecule has 9 aromatic carbocycles. The summed E-state index contributed by atoms with van der Waals surface area (Å²) in [5.41, 5.74) is 30.9. The Morgan fingerprint density at radius 1 is 0.303 bits per heavy atom. The lowest BCUT2D eigenvalue weighted by Crippen LogP contribution is -2.13. The maximum atomic E-state index is 2.58. The highest BCUT2D eigenvalue weighted by Gasteiger charge is 2.29. The second kappa shape index (κ2) is 17.1. The standard InChI is InChI=1S/C72H70N4/c1-38(2)66-43(9)30-51(31-44(66)10)73(50-28-41(7)49(15)42(8)29-50)60-24-18-26-62-69(60)56-22-16-20-54-58-37-65-59(36-64(58)75(62)71(54)56)55-21-17-23-57-70-61(25-19-27-63(70)76(65)72(55)57)74(52-32-45(11)67(39(3)4)46(12)33-52)53-34-47(13)68(40(5)6)48(14)35-53/h16-40H,1-15H3. The van der Waals surface area contributed by atoms with Gasteiger partial charge in [0.2, 0.25) is 0 Å². The van der Waals surface area contributed by atoms with Crippen molar-refractivity contribution in [1.29, 1.82) is 0 Å². The Balaban J connectivity index is 1.07. The van der Waals surface area contributed by atoms with E-state index in [0.29, 0.717) is 17.8 Å². The molecule has 13 aromatic rings. The van der Waals surface area contributed by atoms with Crippen LogP contribution in [0.3, 0.4) is 0 Å². The Bertz CT molecular complexity index is 4390. The molecule has 76 heavy (non-hydrogen) atoms. The third kappa shape index (κ3) is 6.74. The average Bonchev–Trinajstić information content (AvgIpc) is 4.31. The first-order valence-corrected chi connectivity index (χ1v) is 27.8. The van der Waals surface area contributed by atoms with E-state index in [1.54, 1.807) is 0 Å². The summed E-state index contributed by atoms with van der Waals surface area (Å²) in [6.07, 6.45) is 0. The summed E-state index contributed by atoms with van der Waals surface area (Å²) in [4.78, 5) is 5.09. The van der Waals surface area contributed by atoms with E-state index in [0.717, 1.165) is 0 Å². The van der Waals surface area contributed by atoms with Crippen LogP contribution in [0.2, 0.25) is 0 Å². The summed E-state index contributed by atoms with van der Waals surface area (Å²) in [5.74, 6) is 1.33. The average molecular weight is 991 g/mol. The van der Waals surface area contributed by atoms with Crippen molar-refractivity contribution in [1.82, 2.24) is 8.80 Å². The van der Waals surface area contributed by atoms with E-state index in [9.17, 15) is 0 Å². The van der Waals surface area contributed by atoms with Crippen LogP contribution in [0, 0.1) is 62.3 Å². The summed E-state index contributed by atoms with van der Waals surface area (Å²) in [6, 6.07) is 52.2. The van der Waals surface area contributed by atoms with Gasteiger partial charge in [-0.15, -0.1) is 0 Å². The molecule has 0 aliphatic heterocycles. The van der Waals surface area contributed by atoms with Crippen molar-refractivity contribution in [2.75, 3.05) is 9.80 Å². The van der Waals surface area contributed by atoms with Gasteiger partial charge in [-0.3, -0.25) is 0 Å². The van der Waals surface area contributed by atoms with E-state index in [1.165, 1.54) is 177 Å². The molecular weight excluding hydrogens is 921 g/mol. The molecule has 4 heteroatoms. The van der Waals surface area contributed by atoms with Gasteiger partial charge in [0.05, 0.1) is 44.5 Å². The predicted octanol–water partition coefficient (Wildman–Crippen LogP) is 21.1. The zero-order valence-corrected chi connectivity index (χ0v) is 47.2. The Labute approximate surface area is 448 Å². The van der Waals surface area contributed by atoms with Gasteiger partial charge in [0.15, 0.2) is 0 Å². The van der Waals surface area contributed by atoms with Crippen LogP contribution in [0.15, 0.2) is 133 Å². The van der Waals surface area contributed by atoms with Gasteiger partial charge in [-0.25, -0.2) is 0 Å². The minimum atomic E-state index is 0.443. The number of fused-ring (bicyclic) bond motifs is 12. The lowest BCUT2D eigenvalue weighted by Gasteiger charge is -2.30. The molecule has 0 radical (unpaired) electrons. The molecule has 4 heterocycles. The number of benzene rings is 9. The predicted molar refractivity (Wildman–Crippen MR) is 330 cm³/mol. The highest BCUT2D eigenvalue weighted by molar-refractivity contribution is 6.31. The van der Waals surface area contributed by atoms with Crippen LogP contribution in [0.25, 0.3) is 76.2 Å². The van der Waals surface area contributed by atoms with Crippen molar-refractivity contribution in [2.24, 2.45) is 0 Å². The number of para-hydroxylation sites is 2. The number of anilines is 6. The fraction of sp³-hybridized carbons (Fsp3) is 0.250. The largest absolute Gasteiger partial charge is 0.310 e. The zero-order chi connectivity index (χ0) is 53.1. The van der Waals surface area contributed by atoms with Gasteiger partial charge >= 0.3 is 0 Å². The van der Waals surface area contributed by atoms with Crippen molar-refractivity contribution < 1.29 is 0 Å². The molecular formula is C72H70N4. The van der Waals surface area contributed by atoms with E-state index in [2.05, 4.69) is 256 Å². The van der Waals surface area contributed by atoms with Crippen molar-refractivity contribution >= 4 is 110 Å². The molecule has 0 aliphatic rings. The molecule has 4 nitrogen and oxygen atoms in total. The van der Waals surface area contributed by atoms with E-state index in [-0.39, 0.29) is 0 Å². The Hall–Kier alpha value is -7.82. The molecule has 0 spiro atoms. The van der Waals surface area contributed by atoms with E-state index in [1.807, 2.05) is 0 Å². The van der Waals surface area contributed by atoms with Gasteiger partial charge < -0.3 is 18.6 Å². The summed E-state index contributed by atoms with van der Waals surface area (Å²) >= 11 is 0. The smallest absolute Gasteiger partial charge is 0.0621 e. The molecule has 0 amide bonds. The maximum absolute atomic E-state index is 2.58. The van der Waals surface area contributed by atoms with Crippen molar-refractivity contribution in [3.05, 3.63) is 200 Å². The molecule has 0 atom stereocenters. The molecule has 0 saturated heterocycles. The first kappa shape index (κ1) is 47.9. The van der Waals surface area contributed by atoms with Crippen LogP contribution in [0.4, 0.5) is 34.1 Å². The van der Waals surface area contributed by atoms with Crippen LogP contribution in [0.1, 0.15) is 126 Å². The van der Waals surface area contributed by atoms with E-state index < -0.39 is 0 Å². The Morgan fingerprint density at radius 2 is 0.592 bits per heavy atom. The molecule has 0 saturated carbocycles. The molecule has 378 valence electrons. The summed E-state index contributed by atoms with van der Waals surface area (Å²) in [7, 11) is 0. The topological polar surface area (TPSA) is 15.3 Å². The van der Waals surface area contributed by atoms with Gasteiger partial charge in [-0.2, -0.15) is 0 Å². The van der Waals surface area contributed by atoms with Crippen LogP contribution in [-0.4, -0.2) is 8.80 Å². The number of aryl methyl sites for hydroxylation is 8. The third-order valence-electron chi connectivity index (χ3n) is 17.7. The molecule has 0 fully saturated rings. The number of hydrogen-bond donors (Lipinski definition) is 0. The van der Waals surface area contributed by atoms with Gasteiger partial charge in [0.1, 0.15) is 0 Å². The molecule has 0 N–H and O–H groups in total. The SMILES string of the molecule is Cc1cc(N(c2cc(C)c(C(C)C)c(C)c2)c2cccc3c2c2cccc4c5cc6c(cc5n3c42)c2cccc3c4c(N(c5cc(C)c(C(C)C)c(C)c5)c5cc(C)c(C(C)C)c(C)c5)cccc4n6c23)cc(C)c1C. The van der Waals surface area contributed by atoms with Crippen LogP contribution < -0.4 is 9.80 Å². The van der Waals surface area contributed by atoms with Crippen LogP contribution in [0.5, 0.6) is 0 Å². The fourth-order valence-electron chi connectivity index (χ4n) is 14.9. The first-order valence-electron chi connectivity index (χ1n) is 27.8. The number of rotatable bonds is 9. The van der Waals surface area contributed by atoms with E-state index >= 15 is 0 Å². The van der Waals surface area contributed by atoms with Gasteiger partial charge in [-0.05, 0) is 232 Å². The lowest BCUT2D eigenvalue weighted by molar-refractivity contribution is 0.845. The maximum Gasteiger partial charge on any atom is 0.0621 e. The van der Waals surface area contributed by atoms with Gasteiger partial charge in [0, 0.05) is 65.8 Å². The van der Waals surface area contributed by atoms with Gasteiger partial charge in [-0.1, -0.05) is 90.1 Å². The van der Waals surface area contributed by atoms with Gasteiger partial charge in [0.25, 0.3) is 0 Å². The normalized spacial score (nSPS) is 12.5. The molecule has 0 unspecified atom stereocenters. The zero-order valence-electron chi connectivity index (χ0n) is 47.2. The summed E-state index contributed by atoms with van der Waals surface area (Å²) in [5, 5.41) is 10.2. The summed E-state index contributed by atoms with van der Waals surface area (Å²) in [6.45, 7) is 34.4. The molecule has 13 rings (SSSR count). The minimum Gasteiger partial charge on any atom is -0.310 e. The molecule has 4 aromatic heterocycles. The third-order valence-corrected chi connectivity index (χ3v) is 17.7. The fourth-order valence-corrected chi connectivity index (χ4v) is 14.9.